The zero-order valence-corrected chi connectivity index (χ0v) is 13.3. The van der Waals surface area contributed by atoms with Crippen molar-refractivity contribution in [3.63, 3.8) is 0 Å². The SMILES string of the molecule is Cc1ccc(NC(=O)N2CCC(Oc3ccc(C)nn3)C2)cc1. The summed E-state index contributed by atoms with van der Waals surface area (Å²) >= 11 is 0. The molecule has 0 spiro atoms. The van der Waals surface area contributed by atoms with Crippen LogP contribution in [0.4, 0.5) is 10.5 Å². The topological polar surface area (TPSA) is 67.4 Å². The Labute approximate surface area is 135 Å². The molecule has 1 atom stereocenters. The van der Waals surface area contributed by atoms with E-state index in [2.05, 4.69) is 15.5 Å². The molecule has 1 aromatic heterocycles. The standard InChI is InChI=1S/C17H20N4O2/c1-12-3-6-14(7-4-12)18-17(22)21-10-9-15(11-21)23-16-8-5-13(2)19-20-16/h3-8,15H,9-11H2,1-2H3,(H,18,22). The fraction of sp³-hybridized carbons (Fsp3) is 0.353. The Bertz CT molecular complexity index is 670. The number of urea groups is 1. The third kappa shape index (κ3) is 3.97. The lowest BCUT2D eigenvalue weighted by Gasteiger charge is -2.17. The average molecular weight is 312 g/mol. The van der Waals surface area contributed by atoms with Gasteiger partial charge in [-0.05, 0) is 32.0 Å². The van der Waals surface area contributed by atoms with Crippen LogP contribution in [0.25, 0.3) is 0 Å². The van der Waals surface area contributed by atoms with Gasteiger partial charge in [0.1, 0.15) is 6.10 Å². The number of nitrogens with one attached hydrogen (secondary N) is 1. The minimum atomic E-state index is -0.102. The molecule has 1 aliphatic heterocycles. The van der Waals surface area contributed by atoms with Crippen LogP contribution in [0.5, 0.6) is 5.88 Å². The molecule has 1 aromatic carbocycles. The first kappa shape index (κ1) is 15.3. The van der Waals surface area contributed by atoms with E-state index in [1.165, 1.54) is 0 Å². The normalized spacial score (nSPS) is 17.1. The molecule has 23 heavy (non-hydrogen) atoms. The van der Waals surface area contributed by atoms with Crippen molar-refractivity contribution in [3.05, 3.63) is 47.7 Å². The summed E-state index contributed by atoms with van der Waals surface area (Å²) < 4.78 is 5.78. The van der Waals surface area contributed by atoms with E-state index in [0.29, 0.717) is 19.0 Å². The van der Waals surface area contributed by atoms with Crippen LogP contribution in [0, 0.1) is 13.8 Å². The predicted octanol–water partition coefficient (Wildman–Crippen LogP) is 2.78. The molecule has 120 valence electrons. The molecule has 1 unspecified atom stereocenters. The fourth-order valence-corrected chi connectivity index (χ4v) is 2.47. The molecular weight excluding hydrogens is 292 g/mol. The van der Waals surface area contributed by atoms with Crippen LogP contribution in [0.2, 0.25) is 0 Å². The number of nitrogens with zero attached hydrogens (tertiary/aromatic N) is 3. The number of likely N-dealkylation sites (tertiary alicyclic amines) is 1. The first-order chi connectivity index (χ1) is 11.1. The molecule has 1 saturated heterocycles. The van der Waals surface area contributed by atoms with Gasteiger partial charge < -0.3 is 15.0 Å². The number of anilines is 1. The molecule has 2 amide bonds. The Kier molecular flexibility index (Phi) is 4.41. The van der Waals surface area contributed by atoms with Gasteiger partial charge in [0.15, 0.2) is 0 Å². The molecule has 6 nitrogen and oxygen atoms in total. The Morgan fingerprint density at radius 2 is 1.96 bits per heavy atom. The van der Waals surface area contributed by atoms with E-state index in [9.17, 15) is 4.79 Å². The Balaban J connectivity index is 1.53. The van der Waals surface area contributed by atoms with Crippen molar-refractivity contribution < 1.29 is 9.53 Å². The largest absolute Gasteiger partial charge is 0.471 e. The summed E-state index contributed by atoms with van der Waals surface area (Å²) in [7, 11) is 0. The van der Waals surface area contributed by atoms with Crippen LogP contribution in [-0.2, 0) is 0 Å². The lowest BCUT2D eigenvalue weighted by atomic mass is 10.2. The highest BCUT2D eigenvalue weighted by Crippen LogP contribution is 2.17. The van der Waals surface area contributed by atoms with Crippen molar-refractivity contribution >= 4 is 11.7 Å². The summed E-state index contributed by atoms with van der Waals surface area (Å²) in [5, 5.41) is 10.9. The van der Waals surface area contributed by atoms with E-state index in [1.807, 2.05) is 44.2 Å². The lowest BCUT2D eigenvalue weighted by molar-refractivity contribution is 0.188. The molecule has 2 heterocycles. The van der Waals surface area contributed by atoms with Gasteiger partial charge in [0.25, 0.3) is 0 Å². The Hall–Kier alpha value is -2.63. The molecule has 2 aromatic rings. The van der Waals surface area contributed by atoms with Gasteiger partial charge in [-0.3, -0.25) is 0 Å². The van der Waals surface area contributed by atoms with E-state index in [-0.39, 0.29) is 12.1 Å². The Morgan fingerprint density at radius 3 is 2.65 bits per heavy atom. The molecule has 0 radical (unpaired) electrons. The second kappa shape index (κ2) is 6.64. The zero-order chi connectivity index (χ0) is 16.2. The summed E-state index contributed by atoms with van der Waals surface area (Å²) in [6.45, 7) is 5.11. The first-order valence-electron chi connectivity index (χ1n) is 7.70. The summed E-state index contributed by atoms with van der Waals surface area (Å²) in [6.07, 6.45) is 0.743. The van der Waals surface area contributed by atoms with Crippen molar-refractivity contribution in [2.24, 2.45) is 0 Å². The van der Waals surface area contributed by atoms with Crippen LogP contribution >= 0.6 is 0 Å². The van der Waals surface area contributed by atoms with E-state index in [1.54, 1.807) is 11.0 Å². The number of ether oxygens (including phenoxy) is 1. The van der Waals surface area contributed by atoms with E-state index in [4.69, 9.17) is 4.74 Å². The predicted molar refractivity (Wildman–Crippen MR) is 87.6 cm³/mol. The molecule has 6 heteroatoms. The smallest absolute Gasteiger partial charge is 0.321 e. The number of carbonyl (C=O) groups excluding carboxylic acids is 1. The summed E-state index contributed by atoms with van der Waals surface area (Å²) in [5.41, 5.74) is 2.81. The van der Waals surface area contributed by atoms with E-state index in [0.717, 1.165) is 23.4 Å². The number of hydrogen-bond acceptors (Lipinski definition) is 4. The summed E-state index contributed by atoms with van der Waals surface area (Å²) in [4.78, 5) is 14.0. The van der Waals surface area contributed by atoms with Gasteiger partial charge in [0.05, 0.1) is 12.2 Å². The number of benzene rings is 1. The van der Waals surface area contributed by atoms with E-state index >= 15 is 0 Å². The van der Waals surface area contributed by atoms with Crippen LogP contribution in [0.3, 0.4) is 0 Å². The monoisotopic (exact) mass is 312 g/mol. The quantitative estimate of drug-likeness (QED) is 0.946. The van der Waals surface area contributed by atoms with Crippen molar-refractivity contribution in [1.82, 2.24) is 15.1 Å². The minimum Gasteiger partial charge on any atom is -0.471 e. The lowest BCUT2D eigenvalue weighted by Crippen LogP contribution is -2.34. The van der Waals surface area contributed by atoms with Crippen molar-refractivity contribution in [3.8, 4) is 5.88 Å². The highest BCUT2D eigenvalue weighted by Gasteiger charge is 2.28. The number of aromatic nitrogens is 2. The number of hydrogen-bond donors (Lipinski definition) is 1. The van der Waals surface area contributed by atoms with Gasteiger partial charge in [-0.1, -0.05) is 17.7 Å². The van der Waals surface area contributed by atoms with Gasteiger partial charge in [-0.15, -0.1) is 5.10 Å². The molecule has 0 aliphatic carbocycles. The average Bonchev–Trinajstić information content (AvgIpc) is 3.00. The molecular formula is C17H20N4O2. The van der Waals surface area contributed by atoms with Crippen LogP contribution in [0.1, 0.15) is 17.7 Å². The number of rotatable bonds is 3. The fourth-order valence-electron chi connectivity index (χ4n) is 2.47. The molecule has 1 N–H and O–H groups in total. The van der Waals surface area contributed by atoms with Crippen LogP contribution < -0.4 is 10.1 Å². The third-order valence-corrected chi connectivity index (χ3v) is 3.80. The highest BCUT2D eigenvalue weighted by molar-refractivity contribution is 5.89. The molecule has 0 bridgehead atoms. The van der Waals surface area contributed by atoms with E-state index < -0.39 is 0 Å². The van der Waals surface area contributed by atoms with Crippen LogP contribution in [-0.4, -0.2) is 40.3 Å². The highest BCUT2D eigenvalue weighted by atomic mass is 16.5. The maximum absolute atomic E-state index is 12.3. The van der Waals surface area contributed by atoms with Gasteiger partial charge in [0, 0.05) is 24.7 Å². The van der Waals surface area contributed by atoms with Gasteiger partial charge >= 0.3 is 6.03 Å². The number of aryl methyl sites for hydroxylation is 2. The minimum absolute atomic E-state index is 0.0456. The first-order valence-corrected chi connectivity index (χ1v) is 7.70. The van der Waals surface area contributed by atoms with Crippen LogP contribution in [0.15, 0.2) is 36.4 Å². The zero-order valence-electron chi connectivity index (χ0n) is 13.3. The third-order valence-electron chi connectivity index (χ3n) is 3.80. The molecule has 0 saturated carbocycles. The van der Waals surface area contributed by atoms with Crippen molar-refractivity contribution in [2.75, 3.05) is 18.4 Å². The van der Waals surface area contributed by atoms with Gasteiger partial charge in [-0.25, -0.2) is 4.79 Å². The van der Waals surface area contributed by atoms with Crippen molar-refractivity contribution in [1.29, 1.82) is 0 Å². The number of carbonyl (C=O) groups is 1. The Morgan fingerprint density at radius 1 is 1.17 bits per heavy atom. The molecule has 1 aliphatic rings. The maximum atomic E-state index is 12.3. The maximum Gasteiger partial charge on any atom is 0.321 e. The van der Waals surface area contributed by atoms with Gasteiger partial charge in [-0.2, -0.15) is 5.10 Å². The second-order valence-electron chi connectivity index (χ2n) is 5.78. The van der Waals surface area contributed by atoms with Crippen molar-refractivity contribution in [2.45, 2.75) is 26.4 Å². The molecule has 1 fully saturated rings. The number of amides is 2. The summed E-state index contributed by atoms with van der Waals surface area (Å²) in [6, 6.07) is 11.3. The second-order valence-corrected chi connectivity index (χ2v) is 5.78. The summed E-state index contributed by atoms with van der Waals surface area (Å²) in [5.74, 6) is 0.501. The van der Waals surface area contributed by atoms with Gasteiger partial charge in [0.2, 0.25) is 5.88 Å². The molecule has 3 rings (SSSR count).